The number of hydrogen-bond donors (Lipinski definition) is 0. The van der Waals surface area contributed by atoms with Crippen LogP contribution in [0, 0.1) is 0 Å². The molecular formula is C30H16. The molecule has 0 aliphatic rings. The van der Waals surface area contributed by atoms with Gasteiger partial charge in [0.1, 0.15) is 0 Å². The summed E-state index contributed by atoms with van der Waals surface area (Å²) in [5.74, 6) is 0. The highest BCUT2D eigenvalue weighted by Gasteiger charge is 2.17. The van der Waals surface area contributed by atoms with Gasteiger partial charge >= 0.3 is 0 Å². The molecule has 0 spiro atoms. The monoisotopic (exact) mass is 376 g/mol. The zero-order valence-electron chi connectivity index (χ0n) is 16.2. The molecule has 0 aromatic heterocycles. The minimum atomic E-state index is 1.33. The van der Waals surface area contributed by atoms with E-state index in [1.807, 2.05) is 0 Å². The molecule has 30 heavy (non-hydrogen) atoms. The first kappa shape index (κ1) is 15.0. The third-order valence-electron chi connectivity index (χ3n) is 7.13. The van der Waals surface area contributed by atoms with Crippen molar-refractivity contribution in [1.82, 2.24) is 0 Å². The Bertz CT molecular complexity index is 1780. The van der Waals surface area contributed by atoms with Crippen molar-refractivity contribution in [1.29, 1.82) is 0 Å². The molecule has 8 rings (SSSR count). The lowest BCUT2D eigenvalue weighted by Gasteiger charge is -2.05. The van der Waals surface area contributed by atoms with Crippen LogP contribution in [0.5, 0.6) is 0 Å². The molecule has 0 heteroatoms. The average Bonchev–Trinajstić information content (AvgIpc) is 3.31. The van der Waals surface area contributed by atoms with E-state index in [4.69, 9.17) is 0 Å². The van der Waals surface area contributed by atoms with E-state index in [-0.39, 0.29) is 0 Å². The van der Waals surface area contributed by atoms with Gasteiger partial charge in [0.2, 0.25) is 0 Å². The van der Waals surface area contributed by atoms with E-state index in [0.717, 1.165) is 0 Å². The second-order valence-corrected chi connectivity index (χ2v) is 8.49. The largest absolute Gasteiger partial charge is 0.0610 e. The first-order valence-electron chi connectivity index (χ1n) is 10.5. The molecule has 0 atom stereocenters. The first-order chi connectivity index (χ1) is 14.9. The molecule has 0 saturated heterocycles. The lowest BCUT2D eigenvalue weighted by atomic mass is 9.98. The summed E-state index contributed by atoms with van der Waals surface area (Å²) >= 11 is 0. The van der Waals surface area contributed by atoms with E-state index < -0.39 is 0 Å². The molecule has 0 amide bonds. The summed E-state index contributed by atoms with van der Waals surface area (Å²) in [6, 6.07) is 36.2. The molecule has 8 aromatic carbocycles. The van der Waals surface area contributed by atoms with Crippen molar-refractivity contribution in [2.24, 2.45) is 0 Å². The molecule has 0 aliphatic carbocycles. The SMILES string of the molecule is c1cc2cccc3c2c(c1)c1ccc2c(ccc4c5cccc6cccc(c65)c42)c13. The zero-order valence-corrected chi connectivity index (χ0v) is 16.2. The number of benzene rings is 6. The van der Waals surface area contributed by atoms with Crippen LogP contribution in [0.4, 0.5) is 0 Å². The van der Waals surface area contributed by atoms with Gasteiger partial charge in [0.15, 0.2) is 0 Å². The number of rotatable bonds is 0. The standard InChI is InChI=1S/C30H16/c1-5-17-7-3-11-25-27(17)19(9-1)21-13-15-24-23(29(21)25)16-14-22-20-10-2-6-18-8-4-12-26(28(18)20)30(22)24/h1-16H. The summed E-state index contributed by atoms with van der Waals surface area (Å²) < 4.78 is 0. The van der Waals surface area contributed by atoms with Gasteiger partial charge in [-0.15, -0.1) is 0 Å². The average molecular weight is 376 g/mol. The van der Waals surface area contributed by atoms with Crippen molar-refractivity contribution in [3.8, 4) is 0 Å². The van der Waals surface area contributed by atoms with E-state index in [0.29, 0.717) is 0 Å². The van der Waals surface area contributed by atoms with Crippen LogP contribution in [0.3, 0.4) is 0 Å². The topological polar surface area (TPSA) is 0 Å². The van der Waals surface area contributed by atoms with Gasteiger partial charge in [-0.05, 0) is 75.4 Å². The fourth-order valence-corrected chi connectivity index (χ4v) is 5.98. The van der Waals surface area contributed by atoms with Gasteiger partial charge in [-0.2, -0.15) is 0 Å². The van der Waals surface area contributed by atoms with E-state index in [2.05, 4.69) is 97.1 Å². The Morgan fingerprint density at radius 1 is 0.233 bits per heavy atom. The number of hydrogen-bond acceptors (Lipinski definition) is 0. The predicted octanol–water partition coefficient (Wildman–Crippen LogP) is 8.63. The quantitative estimate of drug-likeness (QED) is 0.248. The summed E-state index contributed by atoms with van der Waals surface area (Å²) in [6.45, 7) is 0. The predicted molar refractivity (Wildman–Crippen MR) is 131 cm³/mol. The van der Waals surface area contributed by atoms with Crippen molar-refractivity contribution in [3.63, 3.8) is 0 Å². The van der Waals surface area contributed by atoms with Crippen LogP contribution in [0.25, 0.3) is 75.4 Å². The first-order valence-corrected chi connectivity index (χ1v) is 10.5. The molecule has 0 fully saturated rings. The molecule has 0 radical (unpaired) electrons. The zero-order chi connectivity index (χ0) is 19.4. The highest BCUT2D eigenvalue weighted by molar-refractivity contribution is 6.41. The van der Waals surface area contributed by atoms with E-state index >= 15 is 0 Å². The fourth-order valence-electron chi connectivity index (χ4n) is 5.98. The summed E-state index contributed by atoms with van der Waals surface area (Å²) in [7, 11) is 0. The Hall–Kier alpha value is -3.90. The Balaban J connectivity index is 1.71. The lowest BCUT2D eigenvalue weighted by Crippen LogP contribution is -1.77. The molecule has 0 unspecified atom stereocenters. The third kappa shape index (κ3) is 1.58. The minimum Gasteiger partial charge on any atom is -0.0610 e. The fraction of sp³-hybridized carbons (Fsp3) is 0. The van der Waals surface area contributed by atoms with Crippen molar-refractivity contribution in [2.45, 2.75) is 0 Å². The van der Waals surface area contributed by atoms with Crippen molar-refractivity contribution >= 4 is 75.4 Å². The molecule has 8 aromatic rings. The Morgan fingerprint density at radius 2 is 0.533 bits per heavy atom. The second-order valence-electron chi connectivity index (χ2n) is 8.49. The maximum Gasteiger partial charge on any atom is -0.00199 e. The van der Waals surface area contributed by atoms with Crippen LogP contribution in [0.15, 0.2) is 97.1 Å². The molecule has 0 N–H and O–H groups in total. The minimum absolute atomic E-state index is 1.33. The molecule has 0 bridgehead atoms. The molecule has 0 aliphatic heterocycles. The van der Waals surface area contributed by atoms with E-state index in [1.54, 1.807) is 0 Å². The lowest BCUT2D eigenvalue weighted by molar-refractivity contribution is 1.85. The van der Waals surface area contributed by atoms with Crippen LogP contribution < -0.4 is 0 Å². The third-order valence-corrected chi connectivity index (χ3v) is 7.13. The van der Waals surface area contributed by atoms with Crippen LogP contribution >= 0.6 is 0 Å². The highest BCUT2D eigenvalue weighted by Crippen LogP contribution is 2.46. The van der Waals surface area contributed by atoms with Crippen molar-refractivity contribution < 1.29 is 0 Å². The van der Waals surface area contributed by atoms with Gasteiger partial charge in [-0.25, -0.2) is 0 Å². The van der Waals surface area contributed by atoms with Gasteiger partial charge in [-0.3, -0.25) is 0 Å². The van der Waals surface area contributed by atoms with Crippen molar-refractivity contribution in [3.05, 3.63) is 97.1 Å². The van der Waals surface area contributed by atoms with E-state index in [9.17, 15) is 0 Å². The van der Waals surface area contributed by atoms with Gasteiger partial charge in [0.05, 0.1) is 0 Å². The van der Waals surface area contributed by atoms with Gasteiger partial charge in [0.25, 0.3) is 0 Å². The smallest absolute Gasteiger partial charge is 0.00199 e. The van der Waals surface area contributed by atoms with Crippen LogP contribution in [0.1, 0.15) is 0 Å². The molecule has 0 nitrogen and oxygen atoms in total. The van der Waals surface area contributed by atoms with E-state index in [1.165, 1.54) is 75.4 Å². The molecule has 0 saturated carbocycles. The van der Waals surface area contributed by atoms with Crippen LogP contribution in [0.2, 0.25) is 0 Å². The molecule has 136 valence electrons. The van der Waals surface area contributed by atoms with Gasteiger partial charge < -0.3 is 0 Å². The Labute approximate surface area is 172 Å². The normalized spacial score (nSPS) is 12.7. The summed E-state index contributed by atoms with van der Waals surface area (Å²) in [6.07, 6.45) is 0. The second kappa shape index (κ2) is 4.98. The van der Waals surface area contributed by atoms with Crippen LogP contribution in [-0.4, -0.2) is 0 Å². The summed E-state index contributed by atoms with van der Waals surface area (Å²) in [5, 5.41) is 19.2. The Morgan fingerprint density at radius 3 is 0.900 bits per heavy atom. The van der Waals surface area contributed by atoms with Gasteiger partial charge in [-0.1, -0.05) is 97.1 Å². The maximum absolute atomic E-state index is 2.35. The molecular weight excluding hydrogens is 360 g/mol. The van der Waals surface area contributed by atoms with Gasteiger partial charge in [0, 0.05) is 0 Å². The maximum atomic E-state index is 2.35. The molecule has 0 heterocycles. The van der Waals surface area contributed by atoms with Crippen LogP contribution in [-0.2, 0) is 0 Å². The highest BCUT2D eigenvalue weighted by atomic mass is 14.2. The Kier molecular flexibility index (Phi) is 2.49. The summed E-state index contributed by atoms with van der Waals surface area (Å²) in [5.41, 5.74) is 0. The van der Waals surface area contributed by atoms with Crippen molar-refractivity contribution in [2.75, 3.05) is 0 Å². The number of fused-ring (bicyclic) bond motifs is 9. The summed E-state index contributed by atoms with van der Waals surface area (Å²) in [4.78, 5) is 0.